The number of aromatic nitrogens is 3. The maximum absolute atomic E-state index is 13.9. The third kappa shape index (κ3) is 4.19. The minimum atomic E-state index is -0.103. The molecule has 0 bridgehead atoms. The highest BCUT2D eigenvalue weighted by Crippen LogP contribution is 2.41. The summed E-state index contributed by atoms with van der Waals surface area (Å²) in [5.74, 6) is 1.64. The molecule has 0 aromatic carbocycles. The zero-order chi connectivity index (χ0) is 20.5. The molecule has 6 nitrogen and oxygen atoms in total. The molecule has 3 N–H and O–H groups in total. The molecule has 2 saturated heterocycles. The number of nitrogens with two attached hydrogens (primary N) is 1. The van der Waals surface area contributed by atoms with Crippen LogP contribution in [0, 0.1) is 0 Å². The Bertz CT molecular complexity index is 901. The van der Waals surface area contributed by atoms with Gasteiger partial charge in [-0.1, -0.05) is 24.3 Å². The first-order valence-electron chi connectivity index (χ1n) is 11.2. The van der Waals surface area contributed by atoms with E-state index in [0.29, 0.717) is 6.42 Å². The molecule has 2 aliphatic carbocycles. The fourth-order valence-electron chi connectivity index (χ4n) is 4.92. The van der Waals surface area contributed by atoms with Crippen LogP contribution in [0.15, 0.2) is 41.8 Å². The lowest BCUT2D eigenvalue weighted by molar-refractivity contribution is 0.157. The summed E-state index contributed by atoms with van der Waals surface area (Å²) < 4.78 is 19.9. The van der Waals surface area contributed by atoms with Crippen LogP contribution in [0.25, 0.3) is 5.57 Å². The summed E-state index contributed by atoms with van der Waals surface area (Å²) in [7, 11) is 0. The van der Waals surface area contributed by atoms with E-state index in [2.05, 4.69) is 33.3 Å². The highest BCUT2D eigenvalue weighted by Gasteiger charge is 2.49. The number of H-pyrrole nitrogens is 1. The number of nitrogens with zero attached hydrogens (tertiary/aromatic N) is 3. The van der Waals surface area contributed by atoms with E-state index >= 15 is 0 Å². The van der Waals surface area contributed by atoms with Crippen LogP contribution in [0.3, 0.4) is 0 Å². The first-order valence-corrected chi connectivity index (χ1v) is 11.2. The third-order valence-electron chi connectivity index (χ3n) is 6.55. The molecule has 160 valence electrons. The van der Waals surface area contributed by atoms with E-state index in [0.717, 1.165) is 68.7 Å². The Balaban J connectivity index is 1.19. The Labute approximate surface area is 176 Å². The minimum Gasteiger partial charge on any atom is -0.353 e. The van der Waals surface area contributed by atoms with Gasteiger partial charge in [0.2, 0.25) is 0 Å². The molecule has 0 saturated carbocycles. The lowest BCUT2D eigenvalue weighted by Gasteiger charge is -2.21. The van der Waals surface area contributed by atoms with E-state index in [-0.39, 0.29) is 30.2 Å². The van der Waals surface area contributed by atoms with Crippen molar-refractivity contribution in [1.82, 2.24) is 20.1 Å². The highest BCUT2D eigenvalue weighted by molar-refractivity contribution is 5.62. The lowest BCUT2D eigenvalue weighted by Crippen LogP contribution is -2.31. The normalized spacial score (nSPS) is 30.1. The fraction of sp³-hybridized carbons (Fsp3) is 0.565. The first kappa shape index (κ1) is 19.8. The van der Waals surface area contributed by atoms with Crippen molar-refractivity contribution >= 4 is 5.57 Å². The van der Waals surface area contributed by atoms with Gasteiger partial charge in [-0.3, -0.25) is 10.00 Å². The summed E-state index contributed by atoms with van der Waals surface area (Å²) >= 11 is 0. The van der Waals surface area contributed by atoms with Crippen LogP contribution in [0.5, 0.6) is 0 Å². The van der Waals surface area contributed by atoms with Crippen LogP contribution in [0.1, 0.15) is 69.1 Å². The first-order chi connectivity index (χ1) is 14.7. The van der Waals surface area contributed by atoms with Gasteiger partial charge in [0.1, 0.15) is 24.0 Å². The van der Waals surface area contributed by atoms with Gasteiger partial charge in [0.05, 0.1) is 6.04 Å². The average molecular weight is 412 g/mol. The van der Waals surface area contributed by atoms with E-state index in [9.17, 15) is 4.39 Å². The van der Waals surface area contributed by atoms with Gasteiger partial charge >= 0.3 is 0 Å². The Morgan fingerprint density at radius 1 is 1.30 bits per heavy atom. The summed E-state index contributed by atoms with van der Waals surface area (Å²) in [4.78, 5) is 7.19. The fourth-order valence-corrected chi connectivity index (χ4v) is 4.92. The second-order valence-corrected chi connectivity index (χ2v) is 8.76. The monoisotopic (exact) mass is 411 g/mol. The summed E-state index contributed by atoms with van der Waals surface area (Å²) in [6.07, 6.45) is 17.3. The number of hydrogen-bond acceptors (Lipinski definition) is 5. The zero-order valence-electron chi connectivity index (χ0n) is 17.3. The summed E-state index contributed by atoms with van der Waals surface area (Å²) in [6.45, 7) is 0.993. The molecule has 7 heteroatoms. The Kier molecular flexibility index (Phi) is 5.67. The van der Waals surface area contributed by atoms with Crippen LogP contribution < -0.4 is 5.73 Å². The van der Waals surface area contributed by atoms with Gasteiger partial charge in [-0.05, 0) is 68.6 Å². The molecular weight excluding hydrogens is 381 g/mol. The number of halogens is 1. The molecule has 1 aromatic heterocycles. The maximum Gasteiger partial charge on any atom is 0.177 e. The molecule has 0 amide bonds. The molecule has 3 heterocycles. The second-order valence-electron chi connectivity index (χ2n) is 8.76. The smallest absolute Gasteiger partial charge is 0.177 e. The van der Waals surface area contributed by atoms with Crippen molar-refractivity contribution in [2.24, 2.45) is 5.73 Å². The van der Waals surface area contributed by atoms with Crippen molar-refractivity contribution in [3.05, 3.63) is 53.4 Å². The number of epoxide rings is 1. The van der Waals surface area contributed by atoms with Crippen LogP contribution in [0.4, 0.5) is 4.39 Å². The van der Waals surface area contributed by atoms with Crippen LogP contribution in [-0.4, -0.2) is 45.0 Å². The summed E-state index contributed by atoms with van der Waals surface area (Å²) in [5, 5.41) is 7.64. The Hall–Kier alpha value is -2.09. The van der Waals surface area contributed by atoms with E-state index < -0.39 is 0 Å². The van der Waals surface area contributed by atoms with Gasteiger partial charge in [-0.25, -0.2) is 9.37 Å². The molecule has 5 rings (SSSR count). The van der Waals surface area contributed by atoms with E-state index in [1.165, 1.54) is 5.57 Å². The lowest BCUT2D eigenvalue weighted by atomic mass is 9.95. The van der Waals surface area contributed by atoms with Gasteiger partial charge in [-0.15, -0.1) is 0 Å². The Morgan fingerprint density at radius 2 is 2.20 bits per heavy atom. The molecular formula is C23H30FN5O. The molecule has 1 aromatic rings. The number of allylic oxidation sites excluding steroid dienone is 7. The number of rotatable bonds is 7. The molecule has 4 atom stereocenters. The third-order valence-corrected chi connectivity index (χ3v) is 6.55. The van der Waals surface area contributed by atoms with Crippen LogP contribution in [-0.2, 0) is 4.74 Å². The van der Waals surface area contributed by atoms with E-state index in [1.807, 2.05) is 6.08 Å². The average Bonchev–Trinajstić information content (AvgIpc) is 3.16. The van der Waals surface area contributed by atoms with Crippen molar-refractivity contribution in [3.8, 4) is 0 Å². The highest BCUT2D eigenvalue weighted by atomic mass is 19.1. The SMILES string of the molecule is NC(CC1=C(F)C=CCC1)CC1OC1N1CCC[C@H]1c1nc(C2=CC=CCC2)n[nH]1. The van der Waals surface area contributed by atoms with Crippen molar-refractivity contribution in [2.75, 3.05) is 6.54 Å². The zero-order valence-corrected chi connectivity index (χ0v) is 17.3. The predicted molar refractivity (Wildman–Crippen MR) is 114 cm³/mol. The van der Waals surface area contributed by atoms with Crippen molar-refractivity contribution in [2.45, 2.75) is 75.8 Å². The van der Waals surface area contributed by atoms with Crippen molar-refractivity contribution < 1.29 is 9.13 Å². The number of nitrogens with one attached hydrogen (secondary N) is 1. The van der Waals surface area contributed by atoms with Crippen molar-refractivity contribution in [1.29, 1.82) is 0 Å². The molecule has 2 aliphatic heterocycles. The van der Waals surface area contributed by atoms with Crippen LogP contribution >= 0.6 is 0 Å². The predicted octanol–water partition coefficient (Wildman–Crippen LogP) is 4.08. The van der Waals surface area contributed by atoms with E-state index in [4.69, 9.17) is 15.5 Å². The topological polar surface area (TPSA) is 83.4 Å². The second kappa shape index (κ2) is 8.57. The van der Waals surface area contributed by atoms with E-state index in [1.54, 1.807) is 6.08 Å². The molecule has 4 aliphatic rings. The van der Waals surface area contributed by atoms with Crippen molar-refractivity contribution in [3.63, 3.8) is 0 Å². The molecule has 30 heavy (non-hydrogen) atoms. The van der Waals surface area contributed by atoms with Gasteiger partial charge in [0.25, 0.3) is 0 Å². The largest absolute Gasteiger partial charge is 0.353 e. The quantitative estimate of drug-likeness (QED) is 0.661. The summed E-state index contributed by atoms with van der Waals surface area (Å²) in [5.41, 5.74) is 8.38. The van der Waals surface area contributed by atoms with Gasteiger partial charge in [0, 0.05) is 12.6 Å². The molecule has 0 radical (unpaired) electrons. The van der Waals surface area contributed by atoms with Crippen LogP contribution in [0.2, 0.25) is 0 Å². The van der Waals surface area contributed by atoms with Gasteiger partial charge in [-0.2, -0.15) is 5.10 Å². The number of aromatic amines is 1. The van der Waals surface area contributed by atoms with Gasteiger partial charge in [0.15, 0.2) is 5.82 Å². The number of likely N-dealkylation sites (tertiary alicyclic amines) is 1. The minimum absolute atomic E-state index is 0.0727. The molecule has 0 spiro atoms. The van der Waals surface area contributed by atoms with Gasteiger partial charge < -0.3 is 10.5 Å². The molecule has 2 fully saturated rings. The molecule has 3 unspecified atom stereocenters. The Morgan fingerprint density at radius 3 is 3.03 bits per heavy atom. The number of hydrogen-bond donors (Lipinski definition) is 2. The number of ether oxygens (including phenoxy) is 1. The maximum atomic E-state index is 13.9. The standard InChI is InChI=1S/C23H30FN5O/c24-18-10-5-4-9-16(18)13-17(25)14-20-23(30-20)29-12-6-11-19(29)22-26-21(27-28-22)15-7-2-1-3-8-15/h1-2,5,7,10,17,19-20,23H,3-4,6,8-9,11-14,25H2,(H,26,27,28)/t17?,19-,20?,23?/m0/s1. The summed E-state index contributed by atoms with van der Waals surface area (Å²) in [6, 6.07) is 0.136.